The second-order valence-electron chi connectivity index (χ2n) is 3.45. The van der Waals surface area contributed by atoms with Gasteiger partial charge in [0.05, 0.1) is 0 Å². The van der Waals surface area contributed by atoms with Crippen molar-refractivity contribution in [3.05, 3.63) is 0 Å². The van der Waals surface area contributed by atoms with Crippen LogP contribution in [0.2, 0.25) is 0 Å². The van der Waals surface area contributed by atoms with Crippen LogP contribution < -0.4 is 0 Å². The van der Waals surface area contributed by atoms with Crippen LogP contribution >= 0.6 is 15.9 Å². The molecule has 0 amide bonds. The number of hydrogen-bond donors (Lipinski definition) is 0. The van der Waals surface area contributed by atoms with Gasteiger partial charge in [-0.25, -0.2) is 0 Å². The summed E-state index contributed by atoms with van der Waals surface area (Å²) in [7, 11) is 0. The molecule has 0 rings (SSSR count). The molecule has 0 aliphatic rings. The van der Waals surface area contributed by atoms with Gasteiger partial charge in [-0.3, -0.25) is 0 Å². The van der Waals surface area contributed by atoms with Crippen molar-refractivity contribution in [2.75, 3.05) is 25.0 Å². The van der Waals surface area contributed by atoms with E-state index >= 15 is 0 Å². The molecule has 0 saturated heterocycles. The van der Waals surface area contributed by atoms with E-state index in [0.717, 1.165) is 11.2 Å². The predicted octanol–water partition coefficient (Wildman–Crippen LogP) is 3.14. The Morgan fingerprint density at radius 1 is 1.33 bits per heavy atom. The van der Waals surface area contributed by atoms with Crippen molar-refractivity contribution < 1.29 is 0 Å². The van der Waals surface area contributed by atoms with E-state index < -0.39 is 0 Å². The van der Waals surface area contributed by atoms with Crippen LogP contribution in [-0.4, -0.2) is 29.9 Å². The Morgan fingerprint density at radius 2 is 2.00 bits per heavy atom. The highest BCUT2D eigenvalue weighted by molar-refractivity contribution is 9.09. The molecule has 0 aromatic rings. The maximum absolute atomic E-state index is 3.46. The van der Waals surface area contributed by atoms with Crippen molar-refractivity contribution in [1.29, 1.82) is 0 Å². The van der Waals surface area contributed by atoms with Crippen molar-refractivity contribution in [1.82, 2.24) is 4.90 Å². The fourth-order valence-electron chi connectivity index (χ4n) is 1.23. The minimum Gasteiger partial charge on any atom is -0.303 e. The van der Waals surface area contributed by atoms with Gasteiger partial charge in [0.25, 0.3) is 0 Å². The van der Waals surface area contributed by atoms with E-state index in [0.29, 0.717) is 0 Å². The third kappa shape index (κ3) is 6.01. The normalized spacial score (nSPS) is 13.8. The summed E-state index contributed by atoms with van der Waals surface area (Å²) < 4.78 is 0. The maximum Gasteiger partial charge on any atom is 0.00434 e. The molecule has 0 fully saturated rings. The van der Waals surface area contributed by atoms with Crippen LogP contribution in [0.1, 0.15) is 33.6 Å². The molecule has 12 heavy (non-hydrogen) atoms. The highest BCUT2D eigenvalue weighted by Gasteiger charge is 2.05. The highest BCUT2D eigenvalue weighted by atomic mass is 79.9. The molecule has 0 bridgehead atoms. The van der Waals surface area contributed by atoms with Crippen LogP contribution in [0.3, 0.4) is 0 Å². The molecule has 1 nitrogen and oxygen atoms in total. The Hall–Kier alpha value is 0.440. The van der Waals surface area contributed by atoms with E-state index in [1.54, 1.807) is 0 Å². The molecule has 2 heteroatoms. The van der Waals surface area contributed by atoms with Gasteiger partial charge in [0.1, 0.15) is 0 Å². The standard InChI is InChI=1S/C10H22BrN/c1-4-10(3)9-12(5-2)8-6-7-11/h10H,4-9H2,1-3H3. The summed E-state index contributed by atoms with van der Waals surface area (Å²) in [6.07, 6.45) is 2.56. The first-order chi connectivity index (χ1) is 5.74. The first-order valence-electron chi connectivity index (χ1n) is 5.02. The van der Waals surface area contributed by atoms with Gasteiger partial charge in [0, 0.05) is 11.9 Å². The highest BCUT2D eigenvalue weighted by Crippen LogP contribution is 2.04. The molecule has 1 atom stereocenters. The van der Waals surface area contributed by atoms with Crippen LogP contribution in [0.4, 0.5) is 0 Å². The predicted molar refractivity (Wildman–Crippen MR) is 60.0 cm³/mol. The summed E-state index contributed by atoms with van der Waals surface area (Å²) in [5.41, 5.74) is 0. The van der Waals surface area contributed by atoms with Gasteiger partial charge in [-0.05, 0) is 25.4 Å². The maximum atomic E-state index is 3.46. The molecule has 74 valence electrons. The van der Waals surface area contributed by atoms with Crippen LogP contribution in [0.5, 0.6) is 0 Å². The van der Waals surface area contributed by atoms with Gasteiger partial charge in [-0.2, -0.15) is 0 Å². The number of halogens is 1. The molecule has 0 spiro atoms. The van der Waals surface area contributed by atoms with Crippen molar-refractivity contribution >= 4 is 15.9 Å². The third-order valence-electron chi connectivity index (χ3n) is 2.32. The van der Waals surface area contributed by atoms with E-state index in [2.05, 4.69) is 41.6 Å². The smallest absolute Gasteiger partial charge is 0.00434 e. The lowest BCUT2D eigenvalue weighted by molar-refractivity contribution is 0.247. The SMILES string of the molecule is CCC(C)CN(CC)CCCBr. The zero-order valence-electron chi connectivity index (χ0n) is 8.65. The first kappa shape index (κ1) is 12.4. The summed E-state index contributed by atoms with van der Waals surface area (Å²) in [5.74, 6) is 0.847. The van der Waals surface area contributed by atoms with Crippen LogP contribution in [0.15, 0.2) is 0 Å². The lowest BCUT2D eigenvalue weighted by Crippen LogP contribution is -2.29. The Kier molecular flexibility index (Phi) is 8.35. The van der Waals surface area contributed by atoms with E-state index in [9.17, 15) is 0 Å². The molecule has 0 aliphatic carbocycles. The van der Waals surface area contributed by atoms with E-state index in [1.165, 1.54) is 32.5 Å². The minimum absolute atomic E-state index is 0.847. The lowest BCUT2D eigenvalue weighted by atomic mass is 10.1. The van der Waals surface area contributed by atoms with Crippen molar-refractivity contribution in [2.24, 2.45) is 5.92 Å². The number of rotatable bonds is 7. The Morgan fingerprint density at radius 3 is 2.42 bits per heavy atom. The Bertz CT molecular complexity index is 95.8. The largest absolute Gasteiger partial charge is 0.303 e. The summed E-state index contributed by atoms with van der Waals surface area (Å²) in [6, 6.07) is 0. The molecule has 0 aliphatic heterocycles. The fourth-order valence-corrected chi connectivity index (χ4v) is 1.48. The summed E-state index contributed by atoms with van der Waals surface area (Å²) in [5, 5.41) is 1.13. The molecule has 0 saturated carbocycles. The average Bonchev–Trinajstić information content (AvgIpc) is 2.11. The molecule has 0 aromatic heterocycles. The molecule has 0 radical (unpaired) electrons. The van der Waals surface area contributed by atoms with Gasteiger partial charge < -0.3 is 4.90 Å². The van der Waals surface area contributed by atoms with Gasteiger partial charge in [0.15, 0.2) is 0 Å². The topological polar surface area (TPSA) is 3.24 Å². The van der Waals surface area contributed by atoms with E-state index in [1.807, 2.05) is 0 Å². The molecule has 0 aromatic carbocycles. The van der Waals surface area contributed by atoms with Crippen molar-refractivity contribution in [2.45, 2.75) is 33.6 Å². The molecule has 0 N–H and O–H groups in total. The van der Waals surface area contributed by atoms with E-state index in [4.69, 9.17) is 0 Å². The average molecular weight is 236 g/mol. The van der Waals surface area contributed by atoms with Gasteiger partial charge in [0.2, 0.25) is 0 Å². The zero-order chi connectivity index (χ0) is 9.40. The number of nitrogens with zero attached hydrogens (tertiary/aromatic N) is 1. The zero-order valence-corrected chi connectivity index (χ0v) is 10.2. The quantitative estimate of drug-likeness (QED) is 0.614. The molecule has 1 unspecified atom stereocenters. The van der Waals surface area contributed by atoms with Gasteiger partial charge in [-0.1, -0.05) is 43.1 Å². The van der Waals surface area contributed by atoms with Crippen molar-refractivity contribution in [3.8, 4) is 0 Å². The van der Waals surface area contributed by atoms with Crippen LogP contribution in [0, 0.1) is 5.92 Å². The molecular weight excluding hydrogens is 214 g/mol. The van der Waals surface area contributed by atoms with E-state index in [-0.39, 0.29) is 0 Å². The Balaban J connectivity index is 3.51. The second kappa shape index (κ2) is 8.06. The first-order valence-corrected chi connectivity index (χ1v) is 6.15. The third-order valence-corrected chi connectivity index (χ3v) is 2.88. The number of alkyl halides is 1. The number of hydrogen-bond acceptors (Lipinski definition) is 1. The summed E-state index contributed by atoms with van der Waals surface area (Å²) in [4.78, 5) is 2.54. The summed E-state index contributed by atoms with van der Waals surface area (Å²) >= 11 is 3.46. The fraction of sp³-hybridized carbons (Fsp3) is 1.00. The molecular formula is C10H22BrN. The van der Waals surface area contributed by atoms with Crippen LogP contribution in [-0.2, 0) is 0 Å². The van der Waals surface area contributed by atoms with Gasteiger partial charge in [-0.15, -0.1) is 0 Å². The minimum atomic E-state index is 0.847. The molecule has 0 heterocycles. The van der Waals surface area contributed by atoms with Gasteiger partial charge >= 0.3 is 0 Å². The monoisotopic (exact) mass is 235 g/mol. The summed E-state index contributed by atoms with van der Waals surface area (Å²) in [6.45, 7) is 10.5. The van der Waals surface area contributed by atoms with Crippen molar-refractivity contribution in [3.63, 3.8) is 0 Å². The van der Waals surface area contributed by atoms with Crippen LogP contribution in [0.25, 0.3) is 0 Å². The second-order valence-corrected chi connectivity index (χ2v) is 4.24. The Labute approximate surface area is 85.7 Å². The lowest BCUT2D eigenvalue weighted by Gasteiger charge is -2.23.